The molecule has 0 bridgehead atoms. The number of rotatable bonds is 4. The second-order valence-electron chi connectivity index (χ2n) is 6.18. The van der Waals surface area contributed by atoms with Crippen LogP contribution in [0.1, 0.15) is 47.3 Å². The van der Waals surface area contributed by atoms with E-state index in [1.54, 1.807) is 31.2 Å². The van der Waals surface area contributed by atoms with Crippen LogP contribution in [-0.2, 0) is 16.0 Å². The quantitative estimate of drug-likeness (QED) is 0.839. The molecule has 0 saturated carbocycles. The highest BCUT2D eigenvalue weighted by atomic mass is 35.5. The van der Waals surface area contributed by atoms with Crippen molar-refractivity contribution in [1.29, 1.82) is 0 Å². The molecule has 0 aliphatic heterocycles. The van der Waals surface area contributed by atoms with Gasteiger partial charge in [-0.15, -0.1) is 0 Å². The molecule has 5 heteroatoms. The maximum absolute atomic E-state index is 12.5. The number of amides is 1. The zero-order valence-electron chi connectivity index (χ0n) is 14.0. The Balaban J connectivity index is 1.64. The van der Waals surface area contributed by atoms with Crippen molar-refractivity contribution in [2.75, 3.05) is 0 Å². The van der Waals surface area contributed by atoms with Gasteiger partial charge in [0.1, 0.15) is 0 Å². The summed E-state index contributed by atoms with van der Waals surface area (Å²) in [7, 11) is 0. The summed E-state index contributed by atoms with van der Waals surface area (Å²) in [5.41, 5.74) is 2.67. The van der Waals surface area contributed by atoms with Gasteiger partial charge in [0.05, 0.1) is 16.6 Å². The summed E-state index contributed by atoms with van der Waals surface area (Å²) in [4.78, 5) is 24.6. The third kappa shape index (κ3) is 4.02. The molecule has 0 spiro atoms. The Morgan fingerprint density at radius 1 is 1.16 bits per heavy atom. The summed E-state index contributed by atoms with van der Waals surface area (Å²) in [6.07, 6.45) is 2.04. The molecule has 0 saturated heterocycles. The third-order valence-electron chi connectivity index (χ3n) is 4.43. The van der Waals surface area contributed by atoms with Crippen LogP contribution in [0.2, 0.25) is 5.02 Å². The van der Waals surface area contributed by atoms with E-state index in [0.717, 1.165) is 24.8 Å². The van der Waals surface area contributed by atoms with Crippen molar-refractivity contribution in [1.82, 2.24) is 5.32 Å². The van der Waals surface area contributed by atoms with E-state index in [9.17, 15) is 9.59 Å². The van der Waals surface area contributed by atoms with Crippen LogP contribution in [0.25, 0.3) is 0 Å². The van der Waals surface area contributed by atoms with E-state index in [0.29, 0.717) is 5.02 Å². The van der Waals surface area contributed by atoms with Gasteiger partial charge in [-0.2, -0.15) is 0 Å². The van der Waals surface area contributed by atoms with E-state index < -0.39 is 12.1 Å². The SMILES string of the molecule is C[C@@H](OC(=O)c1ccccc1Cl)C(=O)N[C@@H]1CCCc2ccccc21. The van der Waals surface area contributed by atoms with Crippen molar-refractivity contribution in [3.8, 4) is 0 Å². The van der Waals surface area contributed by atoms with E-state index in [1.165, 1.54) is 5.56 Å². The van der Waals surface area contributed by atoms with Gasteiger partial charge in [-0.3, -0.25) is 4.79 Å². The lowest BCUT2D eigenvalue weighted by atomic mass is 9.87. The number of carbonyl (C=O) groups is 2. The van der Waals surface area contributed by atoms with Crippen LogP contribution < -0.4 is 5.32 Å². The Kier molecular flexibility index (Phi) is 5.39. The molecule has 1 N–H and O–H groups in total. The Morgan fingerprint density at radius 2 is 1.88 bits per heavy atom. The molecule has 25 heavy (non-hydrogen) atoms. The number of esters is 1. The summed E-state index contributed by atoms with van der Waals surface area (Å²) in [5, 5.41) is 3.30. The van der Waals surface area contributed by atoms with Crippen LogP contribution in [0.3, 0.4) is 0 Å². The van der Waals surface area contributed by atoms with Gasteiger partial charge >= 0.3 is 5.97 Å². The van der Waals surface area contributed by atoms with E-state index in [4.69, 9.17) is 16.3 Å². The fourth-order valence-corrected chi connectivity index (χ4v) is 3.31. The van der Waals surface area contributed by atoms with Crippen molar-refractivity contribution in [2.45, 2.75) is 38.3 Å². The summed E-state index contributed by atoms with van der Waals surface area (Å²) in [5.74, 6) is -0.903. The Morgan fingerprint density at radius 3 is 2.68 bits per heavy atom. The molecule has 1 aliphatic carbocycles. The average molecular weight is 358 g/mol. The number of nitrogens with one attached hydrogen (secondary N) is 1. The minimum absolute atomic E-state index is 0.0427. The van der Waals surface area contributed by atoms with E-state index in [-0.39, 0.29) is 17.5 Å². The number of aryl methyl sites for hydroxylation is 1. The molecular weight excluding hydrogens is 338 g/mol. The van der Waals surface area contributed by atoms with Crippen molar-refractivity contribution in [3.05, 3.63) is 70.2 Å². The smallest absolute Gasteiger partial charge is 0.340 e. The zero-order chi connectivity index (χ0) is 17.8. The molecule has 130 valence electrons. The Bertz CT molecular complexity index is 790. The lowest BCUT2D eigenvalue weighted by Gasteiger charge is -2.27. The van der Waals surface area contributed by atoms with Gasteiger partial charge in [0.2, 0.25) is 0 Å². The minimum atomic E-state index is -0.891. The standard InChI is InChI=1S/C20H20ClNO3/c1-13(25-20(24)16-10-4-5-11-17(16)21)19(23)22-18-12-6-8-14-7-2-3-9-15(14)18/h2-5,7,9-11,13,18H,6,8,12H2,1H3,(H,22,23)/t13-,18-/m1/s1. The molecule has 0 fully saturated rings. The van der Waals surface area contributed by atoms with Crippen LogP contribution in [0.4, 0.5) is 0 Å². The first-order valence-corrected chi connectivity index (χ1v) is 8.77. The molecule has 3 rings (SSSR count). The summed E-state index contributed by atoms with van der Waals surface area (Å²) < 4.78 is 5.27. The highest BCUT2D eigenvalue weighted by Crippen LogP contribution is 2.29. The summed E-state index contributed by atoms with van der Waals surface area (Å²) in [6, 6.07) is 14.7. The van der Waals surface area contributed by atoms with Crippen LogP contribution >= 0.6 is 11.6 Å². The molecule has 0 radical (unpaired) electrons. The van der Waals surface area contributed by atoms with Gasteiger partial charge in [0.25, 0.3) is 5.91 Å². The first-order chi connectivity index (χ1) is 12.1. The largest absolute Gasteiger partial charge is 0.449 e. The molecule has 0 unspecified atom stereocenters. The highest BCUT2D eigenvalue weighted by Gasteiger charge is 2.26. The number of hydrogen-bond donors (Lipinski definition) is 1. The van der Waals surface area contributed by atoms with Crippen LogP contribution in [-0.4, -0.2) is 18.0 Å². The van der Waals surface area contributed by atoms with Crippen LogP contribution in [0.5, 0.6) is 0 Å². The summed E-state index contributed by atoms with van der Waals surface area (Å²) >= 11 is 5.99. The molecule has 2 aromatic rings. The Labute approximate surface area is 152 Å². The first kappa shape index (κ1) is 17.5. The monoisotopic (exact) mass is 357 g/mol. The van der Waals surface area contributed by atoms with E-state index in [2.05, 4.69) is 11.4 Å². The topological polar surface area (TPSA) is 55.4 Å². The number of carbonyl (C=O) groups excluding carboxylic acids is 2. The molecule has 0 aromatic heterocycles. The third-order valence-corrected chi connectivity index (χ3v) is 4.76. The first-order valence-electron chi connectivity index (χ1n) is 8.40. The van der Waals surface area contributed by atoms with Gasteiger partial charge in [0, 0.05) is 0 Å². The van der Waals surface area contributed by atoms with E-state index in [1.807, 2.05) is 18.2 Å². The predicted octanol–water partition coefficient (Wildman–Crippen LogP) is 4.08. The average Bonchev–Trinajstić information content (AvgIpc) is 2.62. The van der Waals surface area contributed by atoms with E-state index >= 15 is 0 Å². The molecule has 4 nitrogen and oxygen atoms in total. The number of hydrogen-bond acceptors (Lipinski definition) is 3. The maximum atomic E-state index is 12.5. The Hall–Kier alpha value is -2.33. The van der Waals surface area contributed by atoms with Gasteiger partial charge in [-0.25, -0.2) is 4.79 Å². The molecule has 2 atom stereocenters. The van der Waals surface area contributed by atoms with Crippen molar-refractivity contribution in [3.63, 3.8) is 0 Å². The van der Waals surface area contributed by atoms with Crippen molar-refractivity contribution < 1.29 is 14.3 Å². The lowest BCUT2D eigenvalue weighted by Crippen LogP contribution is -2.39. The van der Waals surface area contributed by atoms with Gasteiger partial charge in [-0.1, -0.05) is 48.0 Å². The lowest BCUT2D eigenvalue weighted by molar-refractivity contribution is -0.130. The van der Waals surface area contributed by atoms with Crippen molar-refractivity contribution in [2.24, 2.45) is 0 Å². The van der Waals surface area contributed by atoms with Crippen LogP contribution in [0.15, 0.2) is 48.5 Å². The fourth-order valence-electron chi connectivity index (χ4n) is 3.10. The van der Waals surface area contributed by atoms with Gasteiger partial charge in [0.15, 0.2) is 6.10 Å². The number of benzene rings is 2. The molecular formula is C20H20ClNO3. The molecule has 2 aromatic carbocycles. The van der Waals surface area contributed by atoms with Gasteiger partial charge in [-0.05, 0) is 49.4 Å². The number of ether oxygens (including phenoxy) is 1. The van der Waals surface area contributed by atoms with Gasteiger partial charge < -0.3 is 10.1 Å². The predicted molar refractivity (Wildman–Crippen MR) is 96.6 cm³/mol. The number of halogens is 1. The molecule has 1 aliphatic rings. The zero-order valence-corrected chi connectivity index (χ0v) is 14.8. The second kappa shape index (κ2) is 7.70. The highest BCUT2D eigenvalue weighted by molar-refractivity contribution is 6.33. The summed E-state index contributed by atoms with van der Waals surface area (Å²) in [6.45, 7) is 1.57. The normalized spacial score (nSPS) is 17.3. The van der Waals surface area contributed by atoms with Crippen molar-refractivity contribution >= 4 is 23.5 Å². The second-order valence-corrected chi connectivity index (χ2v) is 6.59. The maximum Gasteiger partial charge on any atom is 0.340 e. The van der Waals surface area contributed by atoms with Crippen LogP contribution in [0, 0.1) is 0 Å². The molecule has 1 amide bonds. The minimum Gasteiger partial charge on any atom is -0.449 e. The fraction of sp³-hybridized carbons (Fsp3) is 0.300. The number of fused-ring (bicyclic) bond motifs is 1. The molecule has 0 heterocycles.